The van der Waals surface area contributed by atoms with Gasteiger partial charge in [-0.25, -0.2) is 4.98 Å². The Balaban J connectivity index is 0.000000491. The Kier molecular flexibility index (Phi) is 7.70. The van der Waals surface area contributed by atoms with Gasteiger partial charge in [-0.15, -0.1) is 0 Å². The van der Waals surface area contributed by atoms with E-state index in [9.17, 15) is 0 Å². The van der Waals surface area contributed by atoms with Gasteiger partial charge in [0.15, 0.2) is 0 Å². The predicted octanol–water partition coefficient (Wildman–Crippen LogP) is 2.43. The lowest BCUT2D eigenvalue weighted by Crippen LogP contribution is -2.08. The first kappa shape index (κ1) is 16.8. The largest absolute Gasteiger partial charge is 0.383 e. The Bertz CT molecular complexity index is 621. The normalized spacial score (nSPS) is 9.38. The number of rotatable bonds is 5. The van der Waals surface area contributed by atoms with E-state index in [4.69, 9.17) is 17.9 Å². The third-order valence-corrected chi connectivity index (χ3v) is 2.48. The first-order chi connectivity index (χ1) is 10.1. The zero-order chi connectivity index (χ0) is 15.5. The second-order valence-corrected chi connectivity index (χ2v) is 4.42. The average Bonchev–Trinajstić information content (AvgIpc) is 2.49. The molecule has 0 spiro atoms. The van der Waals surface area contributed by atoms with Gasteiger partial charge in [-0.2, -0.15) is 13.2 Å². The summed E-state index contributed by atoms with van der Waals surface area (Å²) in [5.41, 5.74) is 2.31. The van der Waals surface area contributed by atoms with Crippen molar-refractivity contribution in [2.45, 2.75) is 0 Å². The first-order valence-corrected chi connectivity index (χ1v) is 7.25. The van der Waals surface area contributed by atoms with E-state index in [1.54, 1.807) is 7.11 Å². The van der Waals surface area contributed by atoms with Crippen LogP contribution in [0, 0.1) is 4.78 Å². The van der Waals surface area contributed by atoms with E-state index in [2.05, 4.69) is 28.5 Å². The van der Waals surface area contributed by atoms with Crippen LogP contribution in [-0.4, -0.2) is 33.7 Å². The highest BCUT2D eigenvalue weighted by Gasteiger charge is 1.97. The number of methoxy groups -OCH3 is 1. The number of nitrogens with zero attached hydrogens (tertiary/aromatic N) is 1. The Morgan fingerprint density at radius 2 is 1.81 bits per heavy atom. The zero-order valence-corrected chi connectivity index (χ0v) is 12.4. The van der Waals surface area contributed by atoms with Crippen LogP contribution in [0.1, 0.15) is 0 Å². The lowest BCUT2D eigenvalue weighted by Gasteiger charge is -2.06. The Hall–Kier alpha value is -2.25. The number of nitrogens with one attached hydrogen (secondary N) is 2. The van der Waals surface area contributed by atoms with E-state index in [0.717, 1.165) is 17.9 Å². The summed E-state index contributed by atoms with van der Waals surface area (Å²) in [6.07, 6.45) is 1.88. The summed E-state index contributed by atoms with van der Waals surface area (Å²) in [5, 5.41) is 3.19. The molecule has 0 aliphatic rings. The smallest absolute Gasteiger partial charge is 0.308 e. The van der Waals surface area contributed by atoms with E-state index in [0.29, 0.717) is 6.61 Å². The fourth-order valence-corrected chi connectivity index (χ4v) is 1.58. The molecule has 2 aromatic rings. The quantitative estimate of drug-likeness (QED) is 0.828. The highest BCUT2D eigenvalue weighted by molar-refractivity contribution is 7.60. The fraction of sp³-hybridized carbons (Fsp3) is 0.214. The SMILES string of the molecule is COCCNc1ccc(-c2ccccc2)cn1.N=S(=O)=O. The van der Waals surface area contributed by atoms with Crippen molar-refractivity contribution < 1.29 is 13.2 Å². The van der Waals surface area contributed by atoms with Crippen LogP contribution in [0.4, 0.5) is 5.82 Å². The molecule has 0 atom stereocenters. The molecule has 0 saturated heterocycles. The summed E-state index contributed by atoms with van der Waals surface area (Å²) in [5.74, 6) is 0.877. The number of hydrogen-bond acceptors (Lipinski definition) is 6. The zero-order valence-electron chi connectivity index (χ0n) is 11.6. The van der Waals surface area contributed by atoms with Crippen molar-refractivity contribution in [3.05, 3.63) is 48.7 Å². The second kappa shape index (κ2) is 9.62. The van der Waals surface area contributed by atoms with Crippen LogP contribution in [0.2, 0.25) is 0 Å². The van der Waals surface area contributed by atoms with Crippen molar-refractivity contribution in [1.29, 1.82) is 4.78 Å². The van der Waals surface area contributed by atoms with Gasteiger partial charge in [-0.1, -0.05) is 30.3 Å². The molecule has 0 fully saturated rings. The van der Waals surface area contributed by atoms with Gasteiger partial charge in [-0.3, -0.25) is 0 Å². The molecule has 1 heterocycles. The van der Waals surface area contributed by atoms with Crippen LogP contribution in [0.5, 0.6) is 0 Å². The number of ether oxygens (including phenoxy) is 1. The summed E-state index contributed by atoms with van der Waals surface area (Å²) in [4.78, 5) is 4.36. The molecular weight excluding hydrogens is 290 g/mol. The maximum atomic E-state index is 8.67. The molecule has 0 radical (unpaired) electrons. The van der Waals surface area contributed by atoms with Gasteiger partial charge in [0, 0.05) is 25.4 Å². The third-order valence-electron chi connectivity index (χ3n) is 2.48. The molecule has 2 N–H and O–H groups in total. The molecule has 0 aliphatic heterocycles. The minimum atomic E-state index is -2.61. The standard InChI is InChI=1S/C14H16N2O.HNO2S/c1-17-10-9-15-14-8-7-13(11-16-14)12-5-3-2-4-6-12;1-4(2)3/h2-8,11H,9-10H2,1H3,(H,15,16);1H. The molecule has 0 aliphatic carbocycles. The average molecular weight is 307 g/mol. The van der Waals surface area contributed by atoms with Gasteiger partial charge < -0.3 is 10.1 Å². The number of aromatic nitrogens is 1. The minimum Gasteiger partial charge on any atom is -0.383 e. The van der Waals surface area contributed by atoms with Crippen molar-refractivity contribution in [3.8, 4) is 11.1 Å². The molecule has 0 unspecified atom stereocenters. The minimum absolute atomic E-state index is 0.683. The topological polar surface area (TPSA) is 92.1 Å². The maximum Gasteiger partial charge on any atom is 0.308 e. The molecule has 112 valence electrons. The molecule has 0 amide bonds. The van der Waals surface area contributed by atoms with Gasteiger partial charge >= 0.3 is 10.5 Å². The van der Waals surface area contributed by atoms with Crippen molar-refractivity contribution in [1.82, 2.24) is 4.98 Å². The van der Waals surface area contributed by atoms with E-state index in [1.807, 2.05) is 30.5 Å². The molecule has 21 heavy (non-hydrogen) atoms. The number of pyridine rings is 1. The Labute approximate surface area is 125 Å². The molecule has 1 aromatic carbocycles. The van der Waals surface area contributed by atoms with Gasteiger partial charge in [0.05, 0.1) is 6.61 Å². The van der Waals surface area contributed by atoms with Crippen molar-refractivity contribution >= 4 is 16.3 Å². The maximum absolute atomic E-state index is 8.67. The summed E-state index contributed by atoms with van der Waals surface area (Å²) in [7, 11) is -0.923. The van der Waals surface area contributed by atoms with E-state index in [1.165, 1.54) is 5.56 Å². The highest BCUT2D eigenvalue weighted by atomic mass is 32.2. The molecule has 6 nitrogen and oxygen atoms in total. The summed E-state index contributed by atoms with van der Waals surface area (Å²) < 4.78 is 27.8. The van der Waals surface area contributed by atoms with Crippen LogP contribution in [-0.2, 0) is 15.2 Å². The molecule has 0 bridgehead atoms. The van der Waals surface area contributed by atoms with E-state index < -0.39 is 10.5 Å². The van der Waals surface area contributed by atoms with Gasteiger partial charge in [0.2, 0.25) is 0 Å². The van der Waals surface area contributed by atoms with Gasteiger partial charge in [0.1, 0.15) is 5.82 Å². The van der Waals surface area contributed by atoms with Crippen LogP contribution in [0.3, 0.4) is 0 Å². The highest BCUT2D eigenvalue weighted by Crippen LogP contribution is 2.18. The van der Waals surface area contributed by atoms with E-state index in [-0.39, 0.29) is 0 Å². The second-order valence-electron chi connectivity index (χ2n) is 3.95. The molecule has 2 rings (SSSR count). The van der Waals surface area contributed by atoms with E-state index >= 15 is 0 Å². The molecule has 1 aromatic heterocycles. The van der Waals surface area contributed by atoms with Crippen molar-refractivity contribution in [3.63, 3.8) is 0 Å². The van der Waals surface area contributed by atoms with Crippen LogP contribution >= 0.6 is 0 Å². The van der Waals surface area contributed by atoms with Gasteiger partial charge in [0.25, 0.3) is 0 Å². The number of hydrogen-bond donors (Lipinski definition) is 2. The van der Waals surface area contributed by atoms with Crippen LogP contribution in [0.25, 0.3) is 11.1 Å². The van der Waals surface area contributed by atoms with Crippen LogP contribution < -0.4 is 5.32 Å². The van der Waals surface area contributed by atoms with Crippen molar-refractivity contribution in [2.75, 3.05) is 25.6 Å². The third kappa shape index (κ3) is 7.19. The molecule has 7 heteroatoms. The van der Waals surface area contributed by atoms with Crippen LogP contribution in [0.15, 0.2) is 48.7 Å². The predicted molar refractivity (Wildman–Crippen MR) is 81.7 cm³/mol. The summed E-state index contributed by atoms with van der Waals surface area (Å²) in [6, 6.07) is 14.3. The monoisotopic (exact) mass is 307 g/mol. The summed E-state index contributed by atoms with van der Waals surface area (Å²) in [6.45, 7) is 1.45. The first-order valence-electron chi connectivity index (χ1n) is 6.18. The molecular formula is C14H17N3O3S. The van der Waals surface area contributed by atoms with Crippen molar-refractivity contribution in [2.24, 2.45) is 0 Å². The lowest BCUT2D eigenvalue weighted by molar-refractivity contribution is 0.210. The Morgan fingerprint density at radius 3 is 2.33 bits per heavy atom. The fourth-order valence-electron chi connectivity index (χ4n) is 1.58. The van der Waals surface area contributed by atoms with Gasteiger partial charge in [-0.05, 0) is 17.7 Å². The molecule has 0 saturated carbocycles. The number of anilines is 1. The lowest BCUT2D eigenvalue weighted by atomic mass is 10.1. The summed E-state index contributed by atoms with van der Waals surface area (Å²) >= 11 is 0. The Morgan fingerprint density at radius 1 is 1.14 bits per heavy atom. The number of benzene rings is 1.